The zero-order chi connectivity index (χ0) is 17.8. The quantitative estimate of drug-likeness (QED) is 0.824. The lowest BCUT2D eigenvalue weighted by molar-refractivity contribution is 0.177. The Morgan fingerprint density at radius 1 is 1.16 bits per heavy atom. The van der Waals surface area contributed by atoms with Crippen molar-refractivity contribution in [2.24, 2.45) is 0 Å². The Labute approximate surface area is 159 Å². The van der Waals surface area contributed by atoms with Gasteiger partial charge in [-0.2, -0.15) is 0 Å². The summed E-state index contributed by atoms with van der Waals surface area (Å²) in [6.07, 6.45) is 0. The molecule has 0 unspecified atom stereocenters. The Morgan fingerprint density at radius 3 is 2.56 bits per heavy atom. The first-order valence-corrected chi connectivity index (χ1v) is 9.27. The third-order valence-corrected chi connectivity index (χ3v) is 5.07. The molecule has 0 aliphatic carbocycles. The fourth-order valence-corrected chi connectivity index (χ4v) is 3.55. The van der Waals surface area contributed by atoms with Crippen LogP contribution in [-0.4, -0.2) is 46.1 Å². The second-order valence-corrected chi connectivity index (χ2v) is 7.25. The maximum atomic E-state index is 6.26. The number of halogens is 1. The summed E-state index contributed by atoms with van der Waals surface area (Å²) in [5.74, 6) is 0.820. The number of aryl methyl sites for hydroxylation is 2. The van der Waals surface area contributed by atoms with E-state index in [1.54, 1.807) is 0 Å². The SMILES string of the molecule is Cc1cc(C)nc(NC(=S)N2CCN(Cc3ccccc3Cl)CC2)c1. The monoisotopic (exact) mass is 374 g/mol. The molecule has 1 aromatic carbocycles. The zero-order valence-corrected chi connectivity index (χ0v) is 16.2. The second kappa shape index (κ2) is 8.13. The van der Waals surface area contributed by atoms with Gasteiger partial charge in [0.25, 0.3) is 0 Å². The lowest BCUT2D eigenvalue weighted by atomic mass is 10.2. The summed E-state index contributed by atoms with van der Waals surface area (Å²) in [6, 6.07) is 12.1. The molecule has 2 heterocycles. The first-order chi connectivity index (χ1) is 12.0. The average Bonchev–Trinajstić information content (AvgIpc) is 2.56. The van der Waals surface area contributed by atoms with Crippen molar-refractivity contribution < 1.29 is 0 Å². The minimum atomic E-state index is 0.745. The number of thiocarbonyl (C=S) groups is 1. The average molecular weight is 375 g/mol. The van der Waals surface area contributed by atoms with E-state index in [1.807, 2.05) is 31.2 Å². The summed E-state index contributed by atoms with van der Waals surface area (Å²) >= 11 is 11.8. The summed E-state index contributed by atoms with van der Waals surface area (Å²) in [5, 5.41) is 4.85. The van der Waals surface area contributed by atoms with Gasteiger partial charge in [0.1, 0.15) is 5.82 Å². The van der Waals surface area contributed by atoms with Crippen LogP contribution in [-0.2, 0) is 6.54 Å². The van der Waals surface area contributed by atoms with Gasteiger partial charge in [0, 0.05) is 43.4 Å². The first kappa shape index (κ1) is 18.1. The lowest BCUT2D eigenvalue weighted by Gasteiger charge is -2.36. The van der Waals surface area contributed by atoms with E-state index < -0.39 is 0 Å². The number of rotatable bonds is 3. The van der Waals surface area contributed by atoms with Gasteiger partial charge in [0.15, 0.2) is 5.11 Å². The topological polar surface area (TPSA) is 31.4 Å². The molecule has 2 aromatic rings. The number of pyridine rings is 1. The van der Waals surface area contributed by atoms with Crippen LogP contribution in [0.4, 0.5) is 5.82 Å². The lowest BCUT2D eigenvalue weighted by Crippen LogP contribution is -2.49. The number of aromatic nitrogens is 1. The van der Waals surface area contributed by atoms with Crippen molar-refractivity contribution in [1.29, 1.82) is 0 Å². The van der Waals surface area contributed by atoms with Gasteiger partial charge < -0.3 is 10.2 Å². The highest BCUT2D eigenvalue weighted by Gasteiger charge is 2.19. The summed E-state index contributed by atoms with van der Waals surface area (Å²) < 4.78 is 0. The van der Waals surface area contributed by atoms with E-state index in [0.29, 0.717) is 0 Å². The molecular formula is C19H23ClN4S. The summed E-state index contributed by atoms with van der Waals surface area (Å²) in [7, 11) is 0. The van der Waals surface area contributed by atoms with E-state index in [4.69, 9.17) is 23.8 Å². The normalized spacial score (nSPS) is 15.2. The maximum Gasteiger partial charge on any atom is 0.174 e. The molecule has 1 aliphatic rings. The molecule has 1 saturated heterocycles. The smallest absolute Gasteiger partial charge is 0.174 e. The second-order valence-electron chi connectivity index (χ2n) is 6.46. The van der Waals surface area contributed by atoms with Gasteiger partial charge >= 0.3 is 0 Å². The van der Waals surface area contributed by atoms with E-state index in [-0.39, 0.29) is 0 Å². The fraction of sp³-hybridized carbons (Fsp3) is 0.368. The van der Waals surface area contributed by atoms with E-state index in [9.17, 15) is 0 Å². The minimum Gasteiger partial charge on any atom is -0.346 e. The number of hydrogen-bond donors (Lipinski definition) is 1. The molecule has 1 N–H and O–H groups in total. The Bertz CT molecular complexity index is 737. The van der Waals surface area contributed by atoms with Gasteiger partial charge in [0.05, 0.1) is 0 Å². The number of nitrogens with zero attached hydrogens (tertiary/aromatic N) is 3. The van der Waals surface area contributed by atoms with E-state index in [2.05, 4.69) is 39.2 Å². The van der Waals surface area contributed by atoms with Crippen LogP contribution in [0.5, 0.6) is 0 Å². The molecular weight excluding hydrogens is 352 g/mol. The highest BCUT2D eigenvalue weighted by Crippen LogP contribution is 2.18. The van der Waals surface area contributed by atoms with Crippen molar-refractivity contribution in [1.82, 2.24) is 14.8 Å². The minimum absolute atomic E-state index is 0.745. The summed E-state index contributed by atoms with van der Waals surface area (Å²) in [5.41, 5.74) is 3.36. The standard InChI is InChI=1S/C19H23ClN4S/c1-14-11-15(2)21-18(12-14)22-19(25)24-9-7-23(8-10-24)13-16-5-3-4-6-17(16)20/h3-6,11-12H,7-10,13H2,1-2H3,(H,21,22,25). The van der Waals surface area contributed by atoms with Gasteiger partial charge in [-0.1, -0.05) is 29.8 Å². The van der Waals surface area contributed by atoms with Gasteiger partial charge in [-0.15, -0.1) is 0 Å². The van der Waals surface area contributed by atoms with Crippen molar-refractivity contribution in [3.8, 4) is 0 Å². The maximum absolute atomic E-state index is 6.26. The molecule has 0 atom stereocenters. The molecule has 0 spiro atoms. The number of nitrogens with one attached hydrogen (secondary N) is 1. The molecule has 0 saturated carbocycles. The molecule has 3 rings (SSSR count). The highest BCUT2D eigenvalue weighted by molar-refractivity contribution is 7.80. The molecule has 1 aliphatic heterocycles. The molecule has 4 nitrogen and oxygen atoms in total. The van der Waals surface area contributed by atoms with Crippen LogP contribution in [0.15, 0.2) is 36.4 Å². The zero-order valence-electron chi connectivity index (χ0n) is 14.6. The predicted molar refractivity (Wildman–Crippen MR) is 108 cm³/mol. The van der Waals surface area contributed by atoms with Crippen LogP contribution >= 0.6 is 23.8 Å². The van der Waals surface area contributed by atoms with Crippen molar-refractivity contribution in [3.05, 3.63) is 58.2 Å². The van der Waals surface area contributed by atoms with Gasteiger partial charge in [-0.05, 0) is 55.4 Å². The van der Waals surface area contributed by atoms with Crippen molar-refractivity contribution >= 4 is 34.7 Å². The highest BCUT2D eigenvalue weighted by atomic mass is 35.5. The van der Waals surface area contributed by atoms with Gasteiger partial charge in [0.2, 0.25) is 0 Å². The predicted octanol–water partition coefficient (Wildman–Crippen LogP) is 3.87. The van der Waals surface area contributed by atoms with Crippen molar-refractivity contribution in [3.63, 3.8) is 0 Å². The molecule has 1 aromatic heterocycles. The number of benzene rings is 1. The molecule has 132 valence electrons. The molecule has 1 fully saturated rings. The van der Waals surface area contributed by atoms with Crippen LogP contribution in [0, 0.1) is 13.8 Å². The van der Waals surface area contributed by atoms with Crippen molar-refractivity contribution in [2.45, 2.75) is 20.4 Å². The Kier molecular flexibility index (Phi) is 5.89. The Hall–Kier alpha value is -1.69. The van der Waals surface area contributed by atoms with Crippen LogP contribution in [0.25, 0.3) is 0 Å². The number of anilines is 1. The van der Waals surface area contributed by atoms with Gasteiger partial charge in [-0.3, -0.25) is 4.90 Å². The van der Waals surface area contributed by atoms with Crippen LogP contribution in [0.1, 0.15) is 16.8 Å². The first-order valence-electron chi connectivity index (χ1n) is 8.48. The largest absolute Gasteiger partial charge is 0.346 e. The summed E-state index contributed by atoms with van der Waals surface area (Å²) in [4.78, 5) is 9.12. The number of hydrogen-bond acceptors (Lipinski definition) is 3. The van der Waals surface area contributed by atoms with Crippen LogP contribution in [0.2, 0.25) is 5.02 Å². The molecule has 0 bridgehead atoms. The molecule has 0 amide bonds. The molecule has 25 heavy (non-hydrogen) atoms. The Morgan fingerprint density at radius 2 is 1.88 bits per heavy atom. The number of piperazine rings is 1. The fourth-order valence-electron chi connectivity index (χ4n) is 3.07. The van der Waals surface area contributed by atoms with E-state index in [1.165, 1.54) is 11.1 Å². The van der Waals surface area contributed by atoms with Crippen LogP contribution in [0.3, 0.4) is 0 Å². The Balaban J connectivity index is 1.53. The molecule has 0 radical (unpaired) electrons. The third kappa shape index (κ3) is 4.91. The summed E-state index contributed by atoms with van der Waals surface area (Å²) in [6.45, 7) is 8.68. The van der Waals surface area contributed by atoms with Crippen molar-refractivity contribution in [2.75, 3.05) is 31.5 Å². The van der Waals surface area contributed by atoms with E-state index in [0.717, 1.165) is 54.4 Å². The van der Waals surface area contributed by atoms with Crippen LogP contribution < -0.4 is 5.32 Å². The molecule has 6 heteroatoms. The van der Waals surface area contributed by atoms with E-state index >= 15 is 0 Å². The third-order valence-electron chi connectivity index (χ3n) is 4.34. The van der Waals surface area contributed by atoms with Gasteiger partial charge in [-0.25, -0.2) is 4.98 Å².